The number of aromatic nitrogens is 3. The number of aromatic amines is 1. The van der Waals surface area contributed by atoms with Crippen molar-refractivity contribution in [3.8, 4) is 0 Å². The molecule has 0 saturated heterocycles. The molecule has 1 fully saturated rings. The minimum atomic E-state index is 0.202. The van der Waals surface area contributed by atoms with E-state index in [2.05, 4.69) is 25.3 Å². The fourth-order valence-corrected chi connectivity index (χ4v) is 1.91. The molecule has 2 N–H and O–H groups in total. The van der Waals surface area contributed by atoms with Crippen LogP contribution in [0.2, 0.25) is 5.15 Å². The Bertz CT molecular complexity index is 624. The van der Waals surface area contributed by atoms with Crippen molar-refractivity contribution < 1.29 is 0 Å². The van der Waals surface area contributed by atoms with Crippen molar-refractivity contribution in [3.05, 3.63) is 40.5 Å². The van der Waals surface area contributed by atoms with E-state index < -0.39 is 0 Å². The summed E-state index contributed by atoms with van der Waals surface area (Å²) >= 11 is 5.87. The molecule has 0 amide bonds. The highest BCUT2D eigenvalue weighted by atomic mass is 35.5. The summed E-state index contributed by atoms with van der Waals surface area (Å²) < 4.78 is 0. The lowest BCUT2D eigenvalue weighted by atomic mass is 10.3. The van der Waals surface area contributed by atoms with Gasteiger partial charge in [-0.05, 0) is 25.0 Å². The smallest absolute Gasteiger partial charge is 0.223 e. The SMILES string of the molecule is [C-]#[N+]c1ccc(Nc2cc(C3CC3)[nH]n2)nc1Cl. The third-order valence-electron chi connectivity index (χ3n) is 2.82. The van der Waals surface area contributed by atoms with Gasteiger partial charge in [-0.25, -0.2) is 9.83 Å². The van der Waals surface area contributed by atoms with Crippen molar-refractivity contribution in [1.82, 2.24) is 15.2 Å². The minimum Gasteiger partial charge on any atom is -0.324 e. The molecule has 0 radical (unpaired) electrons. The molecule has 2 aromatic heterocycles. The van der Waals surface area contributed by atoms with Crippen LogP contribution in [-0.4, -0.2) is 15.2 Å². The number of rotatable bonds is 3. The first-order chi connectivity index (χ1) is 8.76. The van der Waals surface area contributed by atoms with Gasteiger partial charge >= 0.3 is 0 Å². The van der Waals surface area contributed by atoms with Gasteiger partial charge in [0.2, 0.25) is 5.69 Å². The van der Waals surface area contributed by atoms with Crippen LogP contribution in [-0.2, 0) is 0 Å². The molecule has 1 aliphatic carbocycles. The third kappa shape index (κ3) is 2.15. The molecule has 0 spiro atoms. The minimum absolute atomic E-state index is 0.202. The fourth-order valence-electron chi connectivity index (χ4n) is 1.72. The maximum Gasteiger partial charge on any atom is 0.223 e. The van der Waals surface area contributed by atoms with Gasteiger partial charge in [-0.3, -0.25) is 5.10 Å². The van der Waals surface area contributed by atoms with Crippen molar-refractivity contribution in [1.29, 1.82) is 0 Å². The number of nitrogens with zero attached hydrogens (tertiary/aromatic N) is 3. The third-order valence-corrected chi connectivity index (χ3v) is 3.10. The lowest BCUT2D eigenvalue weighted by molar-refractivity contribution is 0.966. The molecule has 0 atom stereocenters. The first-order valence-electron chi connectivity index (χ1n) is 5.62. The van der Waals surface area contributed by atoms with Crippen LogP contribution in [0.5, 0.6) is 0 Å². The van der Waals surface area contributed by atoms with Gasteiger partial charge in [0, 0.05) is 17.7 Å². The van der Waals surface area contributed by atoms with E-state index in [1.807, 2.05) is 6.07 Å². The summed E-state index contributed by atoms with van der Waals surface area (Å²) in [5, 5.41) is 10.4. The van der Waals surface area contributed by atoms with Crippen LogP contribution in [0.1, 0.15) is 24.5 Å². The molecule has 18 heavy (non-hydrogen) atoms. The predicted molar refractivity (Wildman–Crippen MR) is 69.4 cm³/mol. The van der Waals surface area contributed by atoms with E-state index in [1.165, 1.54) is 12.8 Å². The van der Waals surface area contributed by atoms with Gasteiger partial charge in [0.25, 0.3) is 0 Å². The van der Waals surface area contributed by atoms with Crippen LogP contribution in [0.15, 0.2) is 18.2 Å². The lowest BCUT2D eigenvalue weighted by Crippen LogP contribution is -1.93. The maximum atomic E-state index is 6.90. The summed E-state index contributed by atoms with van der Waals surface area (Å²) in [4.78, 5) is 7.36. The van der Waals surface area contributed by atoms with Gasteiger partial charge in [-0.1, -0.05) is 11.6 Å². The Balaban J connectivity index is 1.78. The largest absolute Gasteiger partial charge is 0.324 e. The highest BCUT2D eigenvalue weighted by Crippen LogP contribution is 2.39. The van der Waals surface area contributed by atoms with E-state index in [0.717, 1.165) is 11.5 Å². The molecule has 3 rings (SSSR count). The molecule has 1 saturated carbocycles. The molecule has 2 heterocycles. The molecule has 0 bridgehead atoms. The topological polar surface area (TPSA) is 58.0 Å². The molecular formula is C12H10ClN5. The van der Waals surface area contributed by atoms with E-state index in [1.54, 1.807) is 12.1 Å². The van der Waals surface area contributed by atoms with Gasteiger partial charge in [-0.15, -0.1) is 0 Å². The van der Waals surface area contributed by atoms with Crippen molar-refractivity contribution in [3.63, 3.8) is 0 Å². The number of anilines is 2. The number of hydrogen-bond donors (Lipinski definition) is 2. The normalized spacial score (nSPS) is 14.2. The average Bonchev–Trinajstić information content (AvgIpc) is 3.11. The Morgan fingerprint density at radius 1 is 1.39 bits per heavy atom. The van der Waals surface area contributed by atoms with Gasteiger partial charge in [0.15, 0.2) is 5.82 Å². The Labute approximate surface area is 109 Å². The summed E-state index contributed by atoms with van der Waals surface area (Å²) in [7, 11) is 0. The van der Waals surface area contributed by atoms with E-state index in [0.29, 0.717) is 17.4 Å². The van der Waals surface area contributed by atoms with E-state index in [4.69, 9.17) is 18.2 Å². The Morgan fingerprint density at radius 3 is 2.89 bits per heavy atom. The van der Waals surface area contributed by atoms with Crippen LogP contribution < -0.4 is 5.32 Å². The highest BCUT2D eigenvalue weighted by Gasteiger charge is 2.25. The number of H-pyrrole nitrogens is 1. The Morgan fingerprint density at radius 2 is 2.22 bits per heavy atom. The lowest BCUT2D eigenvalue weighted by Gasteiger charge is -2.02. The maximum absolute atomic E-state index is 6.90. The second-order valence-electron chi connectivity index (χ2n) is 4.23. The van der Waals surface area contributed by atoms with Crippen molar-refractivity contribution in [2.24, 2.45) is 0 Å². The molecule has 1 aliphatic rings. The first-order valence-corrected chi connectivity index (χ1v) is 6.00. The quantitative estimate of drug-likeness (QED) is 0.654. The van der Waals surface area contributed by atoms with Crippen molar-refractivity contribution in [2.45, 2.75) is 18.8 Å². The number of hydrogen-bond acceptors (Lipinski definition) is 3. The van der Waals surface area contributed by atoms with Crippen LogP contribution in [0.3, 0.4) is 0 Å². The molecule has 0 aliphatic heterocycles. The second kappa shape index (κ2) is 4.31. The monoisotopic (exact) mass is 259 g/mol. The van der Waals surface area contributed by atoms with Gasteiger partial charge in [0.05, 0.1) is 6.57 Å². The van der Waals surface area contributed by atoms with Gasteiger partial charge in [0.1, 0.15) is 11.0 Å². The Hall–Kier alpha value is -2.06. The first kappa shape index (κ1) is 11.1. The summed E-state index contributed by atoms with van der Waals surface area (Å²) in [6.07, 6.45) is 2.46. The van der Waals surface area contributed by atoms with Gasteiger partial charge in [-0.2, -0.15) is 5.10 Å². The zero-order valence-corrected chi connectivity index (χ0v) is 10.2. The summed E-state index contributed by atoms with van der Waals surface area (Å²) in [5.74, 6) is 1.94. The second-order valence-corrected chi connectivity index (χ2v) is 4.58. The fraction of sp³-hybridized carbons (Fsp3) is 0.250. The zero-order valence-electron chi connectivity index (χ0n) is 9.44. The molecule has 6 heteroatoms. The van der Waals surface area contributed by atoms with Crippen LogP contribution in [0.4, 0.5) is 17.3 Å². The zero-order chi connectivity index (χ0) is 12.5. The predicted octanol–water partition coefficient (Wildman–Crippen LogP) is 3.63. The molecule has 2 aromatic rings. The molecule has 0 aromatic carbocycles. The van der Waals surface area contributed by atoms with Gasteiger partial charge < -0.3 is 5.32 Å². The summed E-state index contributed by atoms with van der Waals surface area (Å²) in [6, 6.07) is 5.33. The van der Waals surface area contributed by atoms with Crippen LogP contribution in [0.25, 0.3) is 4.85 Å². The Kier molecular flexibility index (Phi) is 2.65. The molecular weight excluding hydrogens is 250 g/mol. The van der Waals surface area contributed by atoms with Crippen molar-refractivity contribution >= 4 is 28.9 Å². The summed E-state index contributed by atoms with van der Waals surface area (Å²) in [5.41, 5.74) is 1.50. The van der Waals surface area contributed by atoms with E-state index >= 15 is 0 Å². The molecule has 0 unspecified atom stereocenters. The van der Waals surface area contributed by atoms with E-state index in [9.17, 15) is 0 Å². The number of pyridine rings is 1. The average molecular weight is 260 g/mol. The highest BCUT2D eigenvalue weighted by molar-refractivity contribution is 6.32. The number of halogens is 1. The van der Waals surface area contributed by atoms with Crippen LogP contribution in [0, 0.1) is 6.57 Å². The van der Waals surface area contributed by atoms with E-state index in [-0.39, 0.29) is 5.15 Å². The van der Waals surface area contributed by atoms with Crippen molar-refractivity contribution in [2.75, 3.05) is 5.32 Å². The summed E-state index contributed by atoms with van der Waals surface area (Å²) in [6.45, 7) is 6.90. The standard InChI is InChI=1S/C12H10ClN5/c1-14-8-4-5-10(16-12(8)13)15-11-6-9(17-18-11)7-2-3-7/h4-7H,2-3H2,(H2,15,16,17,18). The molecule has 90 valence electrons. The molecule has 5 nitrogen and oxygen atoms in total. The van der Waals surface area contributed by atoms with Crippen LogP contribution >= 0.6 is 11.6 Å². The number of nitrogens with one attached hydrogen (secondary N) is 2.